The minimum Gasteiger partial charge on any atom is -0.358 e. The first kappa shape index (κ1) is 11.5. The number of thiazole rings is 1. The van der Waals surface area contributed by atoms with Crippen molar-refractivity contribution in [3.8, 4) is 0 Å². The Bertz CT molecular complexity index is 537. The predicted octanol–water partition coefficient (Wildman–Crippen LogP) is 4.66. The molecule has 1 N–H and O–H groups in total. The number of nitrogens with zero attached hydrogens (tertiary/aromatic N) is 1. The molecular formula is C13H15BrN2S. The molecule has 2 nitrogen and oxygen atoms in total. The quantitative estimate of drug-likeness (QED) is 0.888. The number of rotatable bonds is 4. The highest BCUT2D eigenvalue weighted by atomic mass is 79.9. The molecule has 17 heavy (non-hydrogen) atoms. The predicted molar refractivity (Wildman–Crippen MR) is 77.7 cm³/mol. The molecule has 2 unspecified atom stereocenters. The van der Waals surface area contributed by atoms with Crippen molar-refractivity contribution in [3.05, 3.63) is 22.7 Å². The molecule has 1 fully saturated rings. The first-order valence-electron chi connectivity index (χ1n) is 6.09. The molecule has 90 valence electrons. The van der Waals surface area contributed by atoms with Gasteiger partial charge in [-0.3, -0.25) is 0 Å². The molecule has 2 aromatic rings. The van der Waals surface area contributed by atoms with Crippen LogP contribution in [0.25, 0.3) is 10.2 Å². The van der Waals surface area contributed by atoms with Crippen LogP contribution in [-0.4, -0.2) is 11.0 Å². The third kappa shape index (κ3) is 2.47. The molecule has 1 aromatic heterocycles. The van der Waals surface area contributed by atoms with Gasteiger partial charge < -0.3 is 5.32 Å². The molecule has 1 aromatic carbocycles. The second-order valence-corrected chi connectivity index (χ2v) is 6.61. The van der Waals surface area contributed by atoms with Gasteiger partial charge in [-0.1, -0.05) is 40.6 Å². The largest absolute Gasteiger partial charge is 0.358 e. The summed E-state index contributed by atoms with van der Waals surface area (Å²) in [5, 5.41) is 4.62. The first-order valence-corrected chi connectivity index (χ1v) is 7.70. The number of aromatic nitrogens is 1. The van der Waals surface area contributed by atoms with E-state index in [9.17, 15) is 0 Å². The molecule has 4 heteroatoms. The van der Waals surface area contributed by atoms with E-state index in [-0.39, 0.29) is 0 Å². The summed E-state index contributed by atoms with van der Waals surface area (Å²) in [6, 6.07) is 6.91. The number of benzene rings is 1. The maximum atomic E-state index is 4.62. The molecule has 0 bridgehead atoms. The molecule has 1 saturated carbocycles. The van der Waals surface area contributed by atoms with Gasteiger partial charge in [0.2, 0.25) is 0 Å². The standard InChI is InChI=1S/C13H15BrN2S/c1-2-3-8-6-11(8)16-13-15-10-5-4-9(14)7-12(10)17-13/h4-5,7-8,11H,2-3,6H2,1H3,(H,15,16). The fraction of sp³-hybridized carbons (Fsp3) is 0.462. The van der Waals surface area contributed by atoms with Crippen LogP contribution in [0.4, 0.5) is 5.13 Å². The van der Waals surface area contributed by atoms with Crippen LogP contribution in [0.5, 0.6) is 0 Å². The number of halogens is 1. The lowest BCUT2D eigenvalue weighted by Gasteiger charge is -1.99. The third-order valence-corrected chi connectivity index (χ3v) is 4.68. The summed E-state index contributed by atoms with van der Waals surface area (Å²) >= 11 is 5.24. The molecule has 3 rings (SSSR count). The molecule has 1 aliphatic rings. The van der Waals surface area contributed by atoms with E-state index in [0.29, 0.717) is 6.04 Å². The van der Waals surface area contributed by atoms with E-state index in [4.69, 9.17) is 0 Å². The Morgan fingerprint density at radius 2 is 2.41 bits per heavy atom. The minimum atomic E-state index is 0.666. The number of hydrogen-bond donors (Lipinski definition) is 1. The molecule has 0 aliphatic heterocycles. The maximum absolute atomic E-state index is 4.62. The minimum absolute atomic E-state index is 0.666. The summed E-state index contributed by atoms with van der Waals surface area (Å²) in [5.41, 5.74) is 1.09. The Kier molecular flexibility index (Phi) is 3.09. The van der Waals surface area contributed by atoms with Crippen molar-refractivity contribution in [1.29, 1.82) is 0 Å². The van der Waals surface area contributed by atoms with Crippen LogP contribution in [0.3, 0.4) is 0 Å². The van der Waals surface area contributed by atoms with Gasteiger partial charge in [-0.2, -0.15) is 0 Å². The van der Waals surface area contributed by atoms with Gasteiger partial charge in [-0.05, 0) is 37.0 Å². The van der Waals surface area contributed by atoms with Crippen LogP contribution in [-0.2, 0) is 0 Å². The second-order valence-electron chi connectivity index (χ2n) is 4.67. The van der Waals surface area contributed by atoms with Gasteiger partial charge in [-0.25, -0.2) is 4.98 Å². The topological polar surface area (TPSA) is 24.9 Å². The Balaban J connectivity index is 1.74. The fourth-order valence-corrected chi connectivity index (χ4v) is 3.71. The lowest BCUT2D eigenvalue weighted by molar-refractivity contribution is 0.693. The van der Waals surface area contributed by atoms with E-state index >= 15 is 0 Å². The smallest absolute Gasteiger partial charge is 0.184 e. The van der Waals surface area contributed by atoms with E-state index in [1.807, 2.05) is 6.07 Å². The molecule has 0 spiro atoms. The van der Waals surface area contributed by atoms with Gasteiger partial charge in [0.15, 0.2) is 5.13 Å². The zero-order chi connectivity index (χ0) is 11.8. The summed E-state index contributed by atoms with van der Waals surface area (Å²) in [7, 11) is 0. The van der Waals surface area contributed by atoms with E-state index in [1.54, 1.807) is 11.3 Å². The summed E-state index contributed by atoms with van der Waals surface area (Å²) in [6.45, 7) is 2.25. The van der Waals surface area contributed by atoms with Crippen LogP contribution in [0, 0.1) is 5.92 Å². The number of hydrogen-bond acceptors (Lipinski definition) is 3. The van der Waals surface area contributed by atoms with Crippen LogP contribution in [0.2, 0.25) is 0 Å². The molecule has 1 heterocycles. The van der Waals surface area contributed by atoms with Crippen LogP contribution < -0.4 is 5.32 Å². The van der Waals surface area contributed by atoms with Crippen LogP contribution in [0.1, 0.15) is 26.2 Å². The van der Waals surface area contributed by atoms with E-state index < -0.39 is 0 Å². The summed E-state index contributed by atoms with van der Waals surface area (Å²) in [5.74, 6) is 0.874. The maximum Gasteiger partial charge on any atom is 0.184 e. The highest BCUT2D eigenvalue weighted by Crippen LogP contribution is 2.39. The van der Waals surface area contributed by atoms with Crippen molar-refractivity contribution in [2.75, 3.05) is 5.32 Å². The lowest BCUT2D eigenvalue weighted by atomic mass is 10.2. The molecule has 1 aliphatic carbocycles. The highest BCUT2D eigenvalue weighted by Gasteiger charge is 2.36. The summed E-state index contributed by atoms with van der Waals surface area (Å²) in [6.07, 6.45) is 3.94. The number of anilines is 1. The highest BCUT2D eigenvalue weighted by molar-refractivity contribution is 9.10. The average molecular weight is 311 g/mol. The van der Waals surface area contributed by atoms with Gasteiger partial charge in [0.05, 0.1) is 10.2 Å². The molecule has 0 amide bonds. The normalized spacial score (nSPS) is 22.9. The molecule has 0 saturated heterocycles. The van der Waals surface area contributed by atoms with E-state index in [0.717, 1.165) is 21.0 Å². The fourth-order valence-electron chi connectivity index (χ4n) is 2.23. The Hall–Kier alpha value is -0.610. The monoisotopic (exact) mass is 310 g/mol. The van der Waals surface area contributed by atoms with Gasteiger partial charge in [-0.15, -0.1) is 0 Å². The second kappa shape index (κ2) is 4.58. The SMILES string of the molecule is CCCC1CC1Nc1nc2ccc(Br)cc2s1. The van der Waals surface area contributed by atoms with Gasteiger partial charge in [0, 0.05) is 10.5 Å². The Morgan fingerprint density at radius 3 is 3.24 bits per heavy atom. The third-order valence-electron chi connectivity index (χ3n) is 3.24. The molecule has 0 radical (unpaired) electrons. The summed E-state index contributed by atoms with van der Waals surface area (Å²) < 4.78 is 2.37. The first-order chi connectivity index (χ1) is 8.26. The lowest BCUT2D eigenvalue weighted by Crippen LogP contribution is -2.03. The van der Waals surface area contributed by atoms with Crippen molar-refractivity contribution in [2.45, 2.75) is 32.2 Å². The van der Waals surface area contributed by atoms with Crippen LogP contribution in [0.15, 0.2) is 22.7 Å². The molecule has 2 atom stereocenters. The van der Waals surface area contributed by atoms with Gasteiger partial charge in [0.25, 0.3) is 0 Å². The van der Waals surface area contributed by atoms with E-state index in [1.165, 1.54) is 24.0 Å². The van der Waals surface area contributed by atoms with Gasteiger partial charge >= 0.3 is 0 Å². The van der Waals surface area contributed by atoms with Crippen molar-refractivity contribution in [2.24, 2.45) is 5.92 Å². The van der Waals surface area contributed by atoms with Crippen LogP contribution >= 0.6 is 27.3 Å². The van der Waals surface area contributed by atoms with Crippen molar-refractivity contribution in [1.82, 2.24) is 4.98 Å². The van der Waals surface area contributed by atoms with E-state index in [2.05, 4.69) is 45.3 Å². The zero-order valence-electron chi connectivity index (χ0n) is 9.74. The number of nitrogens with one attached hydrogen (secondary N) is 1. The average Bonchev–Trinajstić information content (AvgIpc) is 2.88. The Labute approximate surface area is 114 Å². The van der Waals surface area contributed by atoms with Crippen molar-refractivity contribution >= 4 is 42.6 Å². The van der Waals surface area contributed by atoms with Crippen molar-refractivity contribution in [3.63, 3.8) is 0 Å². The number of fused-ring (bicyclic) bond motifs is 1. The Morgan fingerprint density at radius 1 is 1.53 bits per heavy atom. The zero-order valence-corrected chi connectivity index (χ0v) is 12.1. The van der Waals surface area contributed by atoms with Crippen molar-refractivity contribution < 1.29 is 0 Å². The molecular weight excluding hydrogens is 296 g/mol. The van der Waals surface area contributed by atoms with Gasteiger partial charge in [0.1, 0.15) is 0 Å². The summed E-state index contributed by atoms with van der Waals surface area (Å²) in [4.78, 5) is 4.62.